The number of nitrogens with zero attached hydrogens (tertiary/aromatic N) is 2. The highest BCUT2D eigenvalue weighted by Gasteiger charge is 1.99. The summed E-state index contributed by atoms with van der Waals surface area (Å²) >= 11 is 3.98. The molecule has 0 unspecified atom stereocenters. The smallest absolute Gasteiger partial charge is 0.117 e. The molecule has 0 saturated carbocycles. The topological polar surface area (TPSA) is 25.8 Å². The van der Waals surface area contributed by atoms with E-state index in [1.165, 1.54) is 13.8 Å². The van der Waals surface area contributed by atoms with Crippen molar-refractivity contribution in [3.05, 3.63) is 56.9 Å². The molecule has 88 valence electrons. The Hall–Kier alpha value is -1.27. The average Bonchev–Trinajstić information content (AvgIpc) is 2.81. The highest BCUT2D eigenvalue weighted by Crippen LogP contribution is 2.22. The summed E-state index contributed by atoms with van der Waals surface area (Å²) < 4.78 is 2.42. The summed E-state index contributed by atoms with van der Waals surface area (Å²) in [6.07, 6.45) is 7.73. The van der Waals surface area contributed by atoms with Gasteiger partial charge in [-0.3, -0.25) is 4.98 Å². The van der Waals surface area contributed by atoms with Crippen molar-refractivity contribution < 1.29 is 0 Å². The molecular weight excluding hydrogens is 355 g/mol. The van der Waals surface area contributed by atoms with Crippen molar-refractivity contribution in [3.63, 3.8) is 0 Å². The van der Waals surface area contributed by atoms with Gasteiger partial charge in [0.2, 0.25) is 0 Å². The molecule has 0 aliphatic carbocycles. The van der Waals surface area contributed by atoms with E-state index in [-0.39, 0.29) is 0 Å². The largest absolute Gasteiger partial charge is 0.262 e. The molecule has 2 nitrogen and oxygen atoms in total. The van der Waals surface area contributed by atoms with E-state index in [2.05, 4.69) is 62.9 Å². The molecule has 0 amide bonds. The van der Waals surface area contributed by atoms with Gasteiger partial charge >= 0.3 is 0 Å². The van der Waals surface area contributed by atoms with Crippen molar-refractivity contribution in [1.82, 2.24) is 9.97 Å². The third kappa shape index (κ3) is 2.59. The first-order chi connectivity index (χ1) is 8.81. The third-order valence-corrected chi connectivity index (χ3v) is 4.22. The molecule has 18 heavy (non-hydrogen) atoms. The standard InChI is InChI=1S/C14H9IN2S/c15-11-4-1-10(2-5-11)3-6-14-17-12-9-16-8-7-13(12)18-14/h1-9H/b6-3+. The number of thiazole rings is 1. The molecule has 2 aromatic heterocycles. The van der Waals surface area contributed by atoms with Crippen LogP contribution in [0.3, 0.4) is 0 Å². The fraction of sp³-hybridized carbons (Fsp3) is 0. The fourth-order valence-corrected chi connectivity index (χ4v) is 2.81. The van der Waals surface area contributed by atoms with Crippen LogP contribution in [0.2, 0.25) is 0 Å². The first-order valence-electron chi connectivity index (χ1n) is 5.45. The van der Waals surface area contributed by atoms with E-state index >= 15 is 0 Å². The van der Waals surface area contributed by atoms with Gasteiger partial charge in [0.15, 0.2) is 0 Å². The molecule has 4 heteroatoms. The average molecular weight is 364 g/mol. The second-order valence-electron chi connectivity index (χ2n) is 3.78. The van der Waals surface area contributed by atoms with Gasteiger partial charge in [0.05, 0.1) is 10.9 Å². The lowest BCUT2D eigenvalue weighted by molar-refractivity contribution is 1.33. The monoisotopic (exact) mass is 364 g/mol. The maximum atomic E-state index is 4.51. The summed E-state index contributed by atoms with van der Waals surface area (Å²) in [6, 6.07) is 10.4. The Morgan fingerprint density at radius 3 is 2.67 bits per heavy atom. The lowest BCUT2D eigenvalue weighted by Gasteiger charge is -1.92. The van der Waals surface area contributed by atoms with Gasteiger partial charge in [-0.1, -0.05) is 18.2 Å². The number of pyridine rings is 1. The Labute approximate surface area is 123 Å². The second kappa shape index (κ2) is 5.16. The Bertz CT molecular complexity index is 668. The van der Waals surface area contributed by atoms with E-state index in [1.54, 1.807) is 23.7 Å². The van der Waals surface area contributed by atoms with E-state index < -0.39 is 0 Å². The Morgan fingerprint density at radius 2 is 1.89 bits per heavy atom. The first-order valence-corrected chi connectivity index (χ1v) is 7.35. The van der Waals surface area contributed by atoms with Crippen molar-refractivity contribution in [2.45, 2.75) is 0 Å². The van der Waals surface area contributed by atoms with Crippen LogP contribution < -0.4 is 0 Å². The van der Waals surface area contributed by atoms with Crippen LogP contribution in [-0.2, 0) is 0 Å². The highest BCUT2D eigenvalue weighted by molar-refractivity contribution is 14.1. The quantitative estimate of drug-likeness (QED) is 0.628. The van der Waals surface area contributed by atoms with Crippen LogP contribution in [0.25, 0.3) is 22.4 Å². The molecule has 0 aliphatic heterocycles. The summed E-state index contributed by atoms with van der Waals surface area (Å²) in [7, 11) is 0. The summed E-state index contributed by atoms with van der Waals surface area (Å²) in [5, 5.41) is 1.01. The molecule has 3 aromatic rings. The molecule has 0 spiro atoms. The molecule has 3 rings (SSSR count). The number of hydrogen-bond acceptors (Lipinski definition) is 3. The predicted octanol–water partition coefficient (Wildman–Crippen LogP) is 4.47. The van der Waals surface area contributed by atoms with Gasteiger partial charge in [-0.15, -0.1) is 11.3 Å². The highest BCUT2D eigenvalue weighted by atomic mass is 127. The lowest BCUT2D eigenvalue weighted by atomic mass is 10.2. The van der Waals surface area contributed by atoms with Gasteiger partial charge in [0.1, 0.15) is 10.5 Å². The van der Waals surface area contributed by atoms with Crippen LogP contribution in [0.5, 0.6) is 0 Å². The molecule has 0 saturated heterocycles. The van der Waals surface area contributed by atoms with Crippen LogP contribution in [0.15, 0.2) is 42.7 Å². The fourth-order valence-electron chi connectivity index (χ4n) is 1.61. The van der Waals surface area contributed by atoms with Gasteiger partial charge in [-0.2, -0.15) is 0 Å². The predicted molar refractivity (Wildman–Crippen MR) is 85.5 cm³/mol. The maximum Gasteiger partial charge on any atom is 0.117 e. The Morgan fingerprint density at radius 1 is 1.06 bits per heavy atom. The minimum absolute atomic E-state index is 0.963. The molecule has 0 fully saturated rings. The van der Waals surface area contributed by atoms with E-state index in [9.17, 15) is 0 Å². The zero-order chi connectivity index (χ0) is 12.4. The van der Waals surface area contributed by atoms with Crippen molar-refractivity contribution in [3.8, 4) is 0 Å². The van der Waals surface area contributed by atoms with Gasteiger partial charge < -0.3 is 0 Å². The number of rotatable bonds is 2. The van der Waals surface area contributed by atoms with Crippen LogP contribution in [-0.4, -0.2) is 9.97 Å². The van der Waals surface area contributed by atoms with E-state index in [1.807, 2.05) is 12.1 Å². The lowest BCUT2D eigenvalue weighted by Crippen LogP contribution is -1.73. The van der Waals surface area contributed by atoms with Crippen molar-refractivity contribution >= 4 is 56.3 Å². The summed E-state index contributed by atoms with van der Waals surface area (Å²) in [4.78, 5) is 8.59. The second-order valence-corrected chi connectivity index (χ2v) is 6.09. The van der Waals surface area contributed by atoms with Crippen LogP contribution >= 0.6 is 33.9 Å². The zero-order valence-electron chi connectivity index (χ0n) is 9.38. The normalized spacial score (nSPS) is 11.4. The summed E-state index contributed by atoms with van der Waals surface area (Å²) in [5.41, 5.74) is 2.15. The first kappa shape index (κ1) is 11.8. The SMILES string of the molecule is Ic1ccc(/C=C/c2nc3cnccc3s2)cc1. The number of benzene rings is 1. The van der Waals surface area contributed by atoms with Crippen molar-refractivity contribution in [2.75, 3.05) is 0 Å². The number of hydrogen-bond donors (Lipinski definition) is 0. The molecule has 0 bridgehead atoms. The minimum atomic E-state index is 0.963. The molecule has 0 radical (unpaired) electrons. The van der Waals surface area contributed by atoms with Crippen molar-refractivity contribution in [1.29, 1.82) is 0 Å². The maximum absolute atomic E-state index is 4.51. The molecule has 0 aliphatic rings. The van der Waals surface area contributed by atoms with Gasteiger partial charge in [0.25, 0.3) is 0 Å². The van der Waals surface area contributed by atoms with Crippen LogP contribution in [0.1, 0.15) is 10.6 Å². The van der Waals surface area contributed by atoms with Crippen LogP contribution in [0, 0.1) is 3.57 Å². The van der Waals surface area contributed by atoms with E-state index in [0.29, 0.717) is 0 Å². The third-order valence-electron chi connectivity index (χ3n) is 2.49. The minimum Gasteiger partial charge on any atom is -0.262 e. The summed E-state index contributed by atoms with van der Waals surface area (Å²) in [6.45, 7) is 0. The van der Waals surface area contributed by atoms with Gasteiger partial charge in [-0.25, -0.2) is 4.98 Å². The zero-order valence-corrected chi connectivity index (χ0v) is 12.4. The number of halogens is 1. The molecule has 0 atom stereocenters. The number of aromatic nitrogens is 2. The Balaban J connectivity index is 1.89. The Kier molecular flexibility index (Phi) is 3.38. The molecule has 2 heterocycles. The van der Waals surface area contributed by atoms with E-state index in [0.717, 1.165) is 10.5 Å². The molecule has 0 N–H and O–H groups in total. The van der Waals surface area contributed by atoms with Gasteiger partial charge in [-0.05, 0) is 52.4 Å². The van der Waals surface area contributed by atoms with E-state index in [4.69, 9.17) is 0 Å². The molecule has 1 aromatic carbocycles. The number of fused-ring (bicyclic) bond motifs is 1. The van der Waals surface area contributed by atoms with Gasteiger partial charge in [0, 0.05) is 9.77 Å². The summed E-state index contributed by atoms with van der Waals surface area (Å²) in [5.74, 6) is 0. The van der Waals surface area contributed by atoms with Crippen molar-refractivity contribution in [2.24, 2.45) is 0 Å². The van der Waals surface area contributed by atoms with Crippen LogP contribution in [0.4, 0.5) is 0 Å². The molecular formula is C14H9IN2S.